The van der Waals surface area contributed by atoms with Gasteiger partial charge in [-0.25, -0.2) is 0 Å². The number of carbonyl (C=O) groups excluding carboxylic acids is 3. The fourth-order valence-electron chi connectivity index (χ4n) is 7.69. The molecule has 57 heavy (non-hydrogen) atoms. The molecule has 0 aromatic carbocycles. The van der Waals surface area contributed by atoms with Crippen LogP contribution in [0.15, 0.2) is 0 Å². The van der Waals surface area contributed by atoms with E-state index in [1.807, 2.05) is 0 Å². The third kappa shape index (κ3) is 45.3. The van der Waals surface area contributed by atoms with Gasteiger partial charge < -0.3 is 14.2 Å². The molecule has 338 valence electrons. The highest BCUT2D eigenvalue weighted by molar-refractivity contribution is 5.71. The smallest absolute Gasteiger partial charge is 0.306 e. The lowest BCUT2D eigenvalue weighted by Gasteiger charge is -2.18. The first-order valence-electron chi connectivity index (χ1n) is 25.4. The summed E-state index contributed by atoms with van der Waals surface area (Å²) in [6, 6.07) is 0. The van der Waals surface area contributed by atoms with Crippen LogP contribution in [0.25, 0.3) is 0 Å². The van der Waals surface area contributed by atoms with E-state index in [1.54, 1.807) is 0 Å². The second-order valence-electron chi connectivity index (χ2n) is 17.9. The molecule has 0 aliphatic carbocycles. The molecular formula is C51H98O6. The molecule has 0 saturated carbocycles. The standard InChI is InChI=1S/C51H98O6/c1-5-7-9-11-13-15-17-19-20-21-22-24-25-27-29-34-38-42-49(52)55-45-48(46-56-50(53)43-39-35-32-31-33-37-41-47(3)4)57-51(54)44-40-36-30-28-26-23-18-16-14-12-10-8-6-2/h47-48H,5-46H2,1-4H3/t48-/m1/s1. The molecule has 1 atom stereocenters. The van der Waals surface area contributed by atoms with Gasteiger partial charge in [-0.3, -0.25) is 14.4 Å². The van der Waals surface area contributed by atoms with Crippen molar-refractivity contribution in [3.8, 4) is 0 Å². The maximum atomic E-state index is 12.7. The van der Waals surface area contributed by atoms with E-state index in [4.69, 9.17) is 14.2 Å². The van der Waals surface area contributed by atoms with Crippen LogP contribution < -0.4 is 0 Å². The maximum absolute atomic E-state index is 12.7. The number of hydrogen-bond donors (Lipinski definition) is 0. The molecule has 0 fully saturated rings. The summed E-state index contributed by atoms with van der Waals surface area (Å²) >= 11 is 0. The average molecular weight is 807 g/mol. The van der Waals surface area contributed by atoms with Crippen LogP contribution in [-0.4, -0.2) is 37.2 Å². The molecule has 0 radical (unpaired) electrons. The number of carbonyl (C=O) groups is 3. The molecule has 0 aromatic rings. The highest BCUT2D eigenvalue weighted by Gasteiger charge is 2.19. The quantitative estimate of drug-likeness (QED) is 0.0346. The molecule has 0 bridgehead atoms. The Hall–Kier alpha value is -1.59. The first-order valence-corrected chi connectivity index (χ1v) is 25.4. The highest BCUT2D eigenvalue weighted by Crippen LogP contribution is 2.17. The topological polar surface area (TPSA) is 78.9 Å². The third-order valence-corrected chi connectivity index (χ3v) is 11.5. The van der Waals surface area contributed by atoms with E-state index in [0.29, 0.717) is 19.3 Å². The van der Waals surface area contributed by atoms with Gasteiger partial charge in [-0.1, -0.05) is 246 Å². The number of esters is 3. The number of unbranched alkanes of at least 4 members (excludes halogenated alkanes) is 33. The van der Waals surface area contributed by atoms with E-state index >= 15 is 0 Å². The summed E-state index contributed by atoms with van der Waals surface area (Å²) in [6.07, 6.45) is 46.7. The van der Waals surface area contributed by atoms with Crippen molar-refractivity contribution in [1.29, 1.82) is 0 Å². The van der Waals surface area contributed by atoms with Gasteiger partial charge in [0.1, 0.15) is 13.2 Å². The van der Waals surface area contributed by atoms with Gasteiger partial charge in [0, 0.05) is 19.3 Å². The number of ether oxygens (including phenoxy) is 3. The molecule has 0 amide bonds. The Labute approximate surface area is 355 Å². The molecule has 0 aliphatic rings. The van der Waals surface area contributed by atoms with Crippen LogP contribution in [0.4, 0.5) is 0 Å². The lowest BCUT2D eigenvalue weighted by molar-refractivity contribution is -0.167. The van der Waals surface area contributed by atoms with Gasteiger partial charge in [-0.05, 0) is 25.2 Å². The largest absolute Gasteiger partial charge is 0.462 e. The molecule has 0 aromatic heterocycles. The van der Waals surface area contributed by atoms with Crippen LogP contribution in [-0.2, 0) is 28.6 Å². The Morgan fingerprint density at radius 2 is 0.579 bits per heavy atom. The number of hydrogen-bond acceptors (Lipinski definition) is 6. The molecule has 0 saturated heterocycles. The van der Waals surface area contributed by atoms with E-state index < -0.39 is 6.10 Å². The summed E-state index contributed by atoms with van der Waals surface area (Å²) in [7, 11) is 0. The van der Waals surface area contributed by atoms with Crippen LogP contribution in [0, 0.1) is 5.92 Å². The average Bonchev–Trinajstić information content (AvgIpc) is 3.19. The van der Waals surface area contributed by atoms with E-state index in [2.05, 4.69) is 27.7 Å². The van der Waals surface area contributed by atoms with Gasteiger partial charge >= 0.3 is 17.9 Å². The molecule has 6 nitrogen and oxygen atoms in total. The van der Waals surface area contributed by atoms with Crippen LogP contribution in [0.5, 0.6) is 0 Å². The van der Waals surface area contributed by atoms with Crippen molar-refractivity contribution >= 4 is 17.9 Å². The normalized spacial score (nSPS) is 11.9. The molecular weight excluding hydrogens is 709 g/mol. The van der Waals surface area contributed by atoms with Crippen molar-refractivity contribution in [2.24, 2.45) is 5.92 Å². The number of rotatable bonds is 46. The Morgan fingerprint density at radius 1 is 0.333 bits per heavy atom. The summed E-state index contributed by atoms with van der Waals surface area (Å²) in [5, 5.41) is 0. The van der Waals surface area contributed by atoms with Crippen molar-refractivity contribution in [2.75, 3.05) is 13.2 Å². The van der Waals surface area contributed by atoms with Crippen LogP contribution in [0.2, 0.25) is 0 Å². The zero-order chi connectivity index (χ0) is 41.7. The lowest BCUT2D eigenvalue weighted by atomic mass is 10.0. The van der Waals surface area contributed by atoms with Crippen molar-refractivity contribution < 1.29 is 28.6 Å². The summed E-state index contributed by atoms with van der Waals surface area (Å²) < 4.78 is 16.8. The van der Waals surface area contributed by atoms with Crippen molar-refractivity contribution in [1.82, 2.24) is 0 Å². The van der Waals surface area contributed by atoms with Crippen molar-refractivity contribution in [3.05, 3.63) is 0 Å². The maximum Gasteiger partial charge on any atom is 0.306 e. The predicted molar refractivity (Wildman–Crippen MR) is 243 cm³/mol. The molecule has 0 rings (SSSR count). The third-order valence-electron chi connectivity index (χ3n) is 11.5. The monoisotopic (exact) mass is 807 g/mol. The first kappa shape index (κ1) is 55.4. The summed E-state index contributed by atoms with van der Waals surface area (Å²) in [6.45, 7) is 8.95. The van der Waals surface area contributed by atoms with E-state index in [0.717, 1.165) is 63.7 Å². The Kier molecular flexibility index (Phi) is 44.2. The predicted octanol–water partition coefficient (Wildman–Crippen LogP) is 16.3. The molecule has 0 N–H and O–H groups in total. The van der Waals surface area contributed by atoms with Crippen LogP contribution >= 0.6 is 0 Å². The fourth-order valence-corrected chi connectivity index (χ4v) is 7.69. The van der Waals surface area contributed by atoms with E-state index in [1.165, 1.54) is 180 Å². The minimum absolute atomic E-state index is 0.0637. The van der Waals surface area contributed by atoms with Gasteiger partial charge in [-0.2, -0.15) is 0 Å². The Balaban J connectivity index is 4.25. The summed E-state index contributed by atoms with van der Waals surface area (Å²) in [4.78, 5) is 37.8. The van der Waals surface area contributed by atoms with Gasteiger partial charge in [-0.15, -0.1) is 0 Å². The highest BCUT2D eigenvalue weighted by atomic mass is 16.6. The molecule has 6 heteroatoms. The zero-order valence-corrected chi connectivity index (χ0v) is 38.8. The Morgan fingerprint density at radius 3 is 0.860 bits per heavy atom. The van der Waals surface area contributed by atoms with E-state index in [9.17, 15) is 14.4 Å². The second kappa shape index (κ2) is 45.5. The minimum Gasteiger partial charge on any atom is -0.462 e. The molecule has 0 aliphatic heterocycles. The lowest BCUT2D eigenvalue weighted by Crippen LogP contribution is -2.30. The van der Waals surface area contributed by atoms with Gasteiger partial charge in [0.25, 0.3) is 0 Å². The van der Waals surface area contributed by atoms with Crippen molar-refractivity contribution in [3.63, 3.8) is 0 Å². The van der Waals surface area contributed by atoms with Crippen molar-refractivity contribution in [2.45, 2.75) is 291 Å². The fraction of sp³-hybridized carbons (Fsp3) is 0.941. The SMILES string of the molecule is CCCCCCCCCCCCCCCCCCCC(=O)OC[C@H](COC(=O)CCCCCCCCC(C)C)OC(=O)CCCCCCCCCCCCCCC. The summed E-state index contributed by atoms with van der Waals surface area (Å²) in [5.41, 5.74) is 0. The molecule has 0 spiro atoms. The van der Waals surface area contributed by atoms with Gasteiger partial charge in [0.15, 0.2) is 6.10 Å². The summed E-state index contributed by atoms with van der Waals surface area (Å²) in [5.74, 6) is -0.0876. The molecule has 0 heterocycles. The first-order chi connectivity index (χ1) is 27.9. The van der Waals surface area contributed by atoms with Gasteiger partial charge in [0.05, 0.1) is 0 Å². The minimum atomic E-state index is -0.760. The second-order valence-corrected chi connectivity index (χ2v) is 17.9. The van der Waals surface area contributed by atoms with Crippen LogP contribution in [0.3, 0.4) is 0 Å². The van der Waals surface area contributed by atoms with Crippen LogP contribution in [0.1, 0.15) is 285 Å². The Bertz CT molecular complexity index is 857. The zero-order valence-electron chi connectivity index (χ0n) is 38.8. The van der Waals surface area contributed by atoms with E-state index in [-0.39, 0.29) is 31.1 Å². The van der Waals surface area contributed by atoms with Gasteiger partial charge in [0.2, 0.25) is 0 Å². The molecule has 0 unspecified atom stereocenters.